The standard InChI is InChI=1S/C12H12N4O5/c1-8-2-3-9(16(19)20)6-11(8)21-5-4-15-7-10(12(17)18)13-14-15/h2-3,6-7H,4-5H2,1H3,(H,17,18). The fourth-order valence-electron chi connectivity index (χ4n) is 1.61. The summed E-state index contributed by atoms with van der Waals surface area (Å²) in [7, 11) is 0. The largest absolute Gasteiger partial charge is 0.491 e. The molecule has 1 aromatic carbocycles. The molecule has 2 aromatic rings. The quantitative estimate of drug-likeness (QED) is 0.628. The zero-order valence-electron chi connectivity index (χ0n) is 11.1. The third-order valence-electron chi connectivity index (χ3n) is 2.72. The highest BCUT2D eigenvalue weighted by molar-refractivity contribution is 5.84. The molecule has 110 valence electrons. The van der Waals surface area contributed by atoms with Crippen molar-refractivity contribution in [1.82, 2.24) is 15.0 Å². The number of aromatic carboxylic acids is 1. The van der Waals surface area contributed by atoms with Crippen LogP contribution in [0.3, 0.4) is 0 Å². The average molecular weight is 292 g/mol. The van der Waals surface area contributed by atoms with Gasteiger partial charge in [0.05, 0.1) is 23.7 Å². The molecule has 0 unspecified atom stereocenters. The van der Waals surface area contributed by atoms with Gasteiger partial charge in [-0.2, -0.15) is 0 Å². The van der Waals surface area contributed by atoms with E-state index in [2.05, 4.69) is 10.3 Å². The number of rotatable bonds is 6. The molecule has 0 bridgehead atoms. The lowest BCUT2D eigenvalue weighted by Gasteiger charge is -2.08. The minimum atomic E-state index is -1.16. The van der Waals surface area contributed by atoms with Gasteiger partial charge in [-0.3, -0.25) is 10.1 Å². The third kappa shape index (κ3) is 3.53. The van der Waals surface area contributed by atoms with Crippen LogP contribution in [0.25, 0.3) is 0 Å². The Morgan fingerprint density at radius 1 is 1.52 bits per heavy atom. The fraction of sp³-hybridized carbons (Fsp3) is 0.250. The van der Waals surface area contributed by atoms with Gasteiger partial charge >= 0.3 is 5.97 Å². The van der Waals surface area contributed by atoms with Crippen molar-refractivity contribution in [2.45, 2.75) is 13.5 Å². The second kappa shape index (κ2) is 5.99. The normalized spacial score (nSPS) is 10.3. The Bertz CT molecular complexity index is 682. The number of benzene rings is 1. The van der Waals surface area contributed by atoms with Crippen molar-refractivity contribution >= 4 is 11.7 Å². The Kier molecular flexibility index (Phi) is 4.12. The van der Waals surface area contributed by atoms with E-state index < -0.39 is 10.9 Å². The molecule has 0 saturated heterocycles. The van der Waals surface area contributed by atoms with Crippen molar-refractivity contribution < 1.29 is 19.6 Å². The van der Waals surface area contributed by atoms with Crippen LogP contribution in [-0.4, -0.2) is 37.6 Å². The van der Waals surface area contributed by atoms with Crippen molar-refractivity contribution in [3.05, 3.63) is 45.8 Å². The topological polar surface area (TPSA) is 120 Å². The Labute approximate surface area is 118 Å². The molecule has 2 rings (SSSR count). The van der Waals surface area contributed by atoms with Crippen LogP contribution in [0.5, 0.6) is 5.75 Å². The van der Waals surface area contributed by atoms with Crippen LogP contribution in [0.4, 0.5) is 5.69 Å². The molecule has 0 radical (unpaired) electrons. The molecule has 0 saturated carbocycles. The Balaban J connectivity index is 1.98. The molecule has 1 N–H and O–H groups in total. The van der Waals surface area contributed by atoms with E-state index in [1.54, 1.807) is 13.0 Å². The number of carbonyl (C=O) groups is 1. The van der Waals surface area contributed by atoms with E-state index >= 15 is 0 Å². The Morgan fingerprint density at radius 2 is 2.29 bits per heavy atom. The molecule has 0 atom stereocenters. The second-order valence-corrected chi connectivity index (χ2v) is 4.23. The van der Waals surface area contributed by atoms with Gasteiger partial charge < -0.3 is 9.84 Å². The monoisotopic (exact) mass is 292 g/mol. The van der Waals surface area contributed by atoms with Gasteiger partial charge in [0, 0.05) is 6.07 Å². The van der Waals surface area contributed by atoms with Crippen molar-refractivity contribution in [1.29, 1.82) is 0 Å². The van der Waals surface area contributed by atoms with Crippen LogP contribution in [0.15, 0.2) is 24.4 Å². The summed E-state index contributed by atoms with van der Waals surface area (Å²) >= 11 is 0. The van der Waals surface area contributed by atoms with Crippen LogP contribution in [0.2, 0.25) is 0 Å². The maximum Gasteiger partial charge on any atom is 0.358 e. The summed E-state index contributed by atoms with van der Waals surface area (Å²) in [6.45, 7) is 2.24. The highest BCUT2D eigenvalue weighted by Gasteiger charge is 2.10. The van der Waals surface area contributed by atoms with Gasteiger partial charge in [0.25, 0.3) is 5.69 Å². The molecular formula is C12H12N4O5. The molecule has 9 heteroatoms. The van der Waals surface area contributed by atoms with Gasteiger partial charge in [-0.15, -0.1) is 5.10 Å². The molecule has 0 fully saturated rings. The summed E-state index contributed by atoms with van der Waals surface area (Å²) < 4.78 is 6.79. The van der Waals surface area contributed by atoms with E-state index in [4.69, 9.17) is 9.84 Å². The van der Waals surface area contributed by atoms with E-state index in [-0.39, 0.29) is 24.5 Å². The molecule has 0 aliphatic heterocycles. The van der Waals surface area contributed by atoms with Crippen molar-refractivity contribution in [2.75, 3.05) is 6.61 Å². The molecule has 0 spiro atoms. The fourth-order valence-corrected chi connectivity index (χ4v) is 1.61. The number of hydrogen-bond donors (Lipinski definition) is 1. The molecule has 1 heterocycles. The lowest BCUT2D eigenvalue weighted by Crippen LogP contribution is -2.09. The second-order valence-electron chi connectivity index (χ2n) is 4.23. The predicted octanol–water partition coefficient (Wildman–Crippen LogP) is 1.27. The Morgan fingerprint density at radius 3 is 2.90 bits per heavy atom. The van der Waals surface area contributed by atoms with Gasteiger partial charge in [0.2, 0.25) is 0 Å². The summed E-state index contributed by atoms with van der Waals surface area (Å²) in [6.07, 6.45) is 1.28. The van der Waals surface area contributed by atoms with E-state index in [1.165, 1.54) is 23.0 Å². The van der Waals surface area contributed by atoms with Crippen molar-refractivity contribution in [2.24, 2.45) is 0 Å². The predicted molar refractivity (Wildman–Crippen MR) is 70.3 cm³/mol. The first-order chi connectivity index (χ1) is 9.97. The van der Waals surface area contributed by atoms with Gasteiger partial charge in [0.1, 0.15) is 12.4 Å². The van der Waals surface area contributed by atoms with Crippen LogP contribution in [0, 0.1) is 17.0 Å². The SMILES string of the molecule is Cc1ccc([N+](=O)[O-])cc1OCCn1cc(C(=O)O)nn1. The van der Waals surface area contributed by atoms with Crippen LogP contribution in [-0.2, 0) is 6.54 Å². The first-order valence-electron chi connectivity index (χ1n) is 5.98. The lowest BCUT2D eigenvalue weighted by atomic mass is 10.2. The number of ether oxygens (including phenoxy) is 1. The first kappa shape index (κ1) is 14.4. The molecule has 1 aromatic heterocycles. The van der Waals surface area contributed by atoms with Crippen LogP contribution < -0.4 is 4.74 Å². The lowest BCUT2D eigenvalue weighted by molar-refractivity contribution is -0.384. The molecule has 0 aliphatic carbocycles. The zero-order valence-corrected chi connectivity index (χ0v) is 11.1. The first-order valence-corrected chi connectivity index (χ1v) is 5.98. The smallest absolute Gasteiger partial charge is 0.358 e. The maximum absolute atomic E-state index is 10.7. The van der Waals surface area contributed by atoms with E-state index in [0.717, 1.165) is 5.56 Å². The van der Waals surface area contributed by atoms with Crippen LogP contribution >= 0.6 is 0 Å². The Hall–Kier alpha value is -2.97. The van der Waals surface area contributed by atoms with Crippen molar-refractivity contribution in [3.63, 3.8) is 0 Å². The third-order valence-corrected chi connectivity index (χ3v) is 2.72. The molecule has 0 amide bonds. The summed E-state index contributed by atoms with van der Waals surface area (Å²) in [6, 6.07) is 4.35. The van der Waals surface area contributed by atoms with Crippen LogP contribution in [0.1, 0.15) is 16.1 Å². The highest BCUT2D eigenvalue weighted by atomic mass is 16.6. The highest BCUT2D eigenvalue weighted by Crippen LogP contribution is 2.23. The van der Waals surface area contributed by atoms with Gasteiger partial charge in [-0.05, 0) is 18.6 Å². The number of aryl methyl sites for hydroxylation is 1. The van der Waals surface area contributed by atoms with Gasteiger partial charge in [-0.25, -0.2) is 9.48 Å². The zero-order chi connectivity index (χ0) is 15.4. The summed E-state index contributed by atoms with van der Waals surface area (Å²) in [5, 5.41) is 26.5. The number of nitro groups is 1. The number of carboxylic acids is 1. The number of non-ortho nitro benzene ring substituents is 1. The number of hydrogen-bond acceptors (Lipinski definition) is 6. The maximum atomic E-state index is 10.7. The van der Waals surface area contributed by atoms with Gasteiger partial charge in [-0.1, -0.05) is 5.21 Å². The summed E-state index contributed by atoms with van der Waals surface area (Å²) in [5.41, 5.74) is 0.566. The van der Waals surface area contributed by atoms with Crippen molar-refractivity contribution in [3.8, 4) is 5.75 Å². The number of nitro benzene ring substituents is 1. The minimum Gasteiger partial charge on any atom is -0.491 e. The van der Waals surface area contributed by atoms with E-state index in [0.29, 0.717) is 5.75 Å². The van der Waals surface area contributed by atoms with E-state index in [1.807, 2.05) is 0 Å². The average Bonchev–Trinajstić information content (AvgIpc) is 2.89. The molecule has 0 aliphatic rings. The minimum absolute atomic E-state index is 0.0514. The summed E-state index contributed by atoms with van der Waals surface area (Å²) in [4.78, 5) is 20.8. The number of aromatic nitrogens is 3. The van der Waals surface area contributed by atoms with Gasteiger partial charge in [0.15, 0.2) is 5.69 Å². The molecular weight excluding hydrogens is 280 g/mol. The number of nitrogens with zero attached hydrogens (tertiary/aromatic N) is 4. The molecule has 9 nitrogen and oxygen atoms in total. The molecule has 21 heavy (non-hydrogen) atoms. The number of carboxylic acid groups (broad SMARTS) is 1. The summed E-state index contributed by atoms with van der Waals surface area (Å²) in [5.74, 6) is -0.750. The van der Waals surface area contributed by atoms with E-state index in [9.17, 15) is 14.9 Å².